The lowest BCUT2D eigenvalue weighted by Gasteiger charge is -2.19. The highest BCUT2D eigenvalue weighted by Gasteiger charge is 2.36. The molecular formula is C16H13Cl2NO6S. The van der Waals surface area contributed by atoms with Crippen molar-refractivity contribution in [3.63, 3.8) is 0 Å². The third kappa shape index (κ3) is 3.04. The van der Waals surface area contributed by atoms with Gasteiger partial charge in [-0.3, -0.25) is 0 Å². The highest BCUT2D eigenvalue weighted by molar-refractivity contribution is 7.93. The number of anilines is 1. The van der Waals surface area contributed by atoms with Crippen LogP contribution in [-0.4, -0.2) is 35.3 Å². The minimum atomic E-state index is -4.10. The standard InChI is InChI=1S/C16H13Cl2NO6S/c1-23-13-4-3-10(17)7-14(13)26(21,22)19-8-25-15-11(18)5-9(6-12(15)19)16(20)24-2/h3-7H,8H2,1-2H3. The van der Waals surface area contributed by atoms with Crippen LogP contribution >= 0.6 is 23.2 Å². The molecule has 1 heterocycles. The molecule has 0 spiro atoms. The van der Waals surface area contributed by atoms with Crippen molar-refractivity contribution >= 4 is 44.9 Å². The molecule has 1 aliphatic rings. The van der Waals surface area contributed by atoms with Crippen molar-refractivity contribution in [2.45, 2.75) is 4.90 Å². The molecule has 1 aliphatic heterocycles. The second-order valence-electron chi connectivity index (χ2n) is 5.22. The van der Waals surface area contributed by atoms with Crippen LogP contribution in [0.5, 0.6) is 11.5 Å². The first-order chi connectivity index (χ1) is 12.3. The molecule has 0 unspecified atom stereocenters. The van der Waals surface area contributed by atoms with E-state index < -0.39 is 16.0 Å². The molecule has 0 bridgehead atoms. The van der Waals surface area contributed by atoms with Crippen LogP contribution in [0, 0.1) is 0 Å². The second kappa shape index (κ2) is 6.86. The number of hydrogen-bond donors (Lipinski definition) is 0. The van der Waals surface area contributed by atoms with Crippen LogP contribution in [0.25, 0.3) is 0 Å². The lowest BCUT2D eigenvalue weighted by molar-refractivity contribution is 0.0600. The third-order valence-corrected chi connectivity index (χ3v) is 6.01. The molecule has 0 saturated heterocycles. The summed E-state index contributed by atoms with van der Waals surface area (Å²) in [4.78, 5) is 11.7. The maximum absolute atomic E-state index is 13.1. The molecule has 2 aromatic rings. The average Bonchev–Trinajstić information content (AvgIpc) is 3.06. The van der Waals surface area contributed by atoms with E-state index in [1.54, 1.807) is 0 Å². The van der Waals surface area contributed by atoms with Gasteiger partial charge in [-0.25, -0.2) is 17.5 Å². The number of carbonyl (C=O) groups excluding carboxylic acids is 1. The first-order valence-corrected chi connectivity index (χ1v) is 9.40. The zero-order valence-corrected chi connectivity index (χ0v) is 16.0. The van der Waals surface area contributed by atoms with Crippen molar-refractivity contribution in [2.75, 3.05) is 25.3 Å². The zero-order chi connectivity index (χ0) is 19.1. The quantitative estimate of drug-likeness (QED) is 0.709. The summed E-state index contributed by atoms with van der Waals surface area (Å²) in [6.07, 6.45) is 0. The van der Waals surface area contributed by atoms with Gasteiger partial charge in [-0.05, 0) is 30.3 Å². The van der Waals surface area contributed by atoms with Crippen LogP contribution in [0.3, 0.4) is 0 Å². The van der Waals surface area contributed by atoms with Crippen LogP contribution in [0.4, 0.5) is 5.69 Å². The Morgan fingerprint density at radius 3 is 2.58 bits per heavy atom. The molecule has 26 heavy (non-hydrogen) atoms. The largest absolute Gasteiger partial charge is 0.495 e. The van der Waals surface area contributed by atoms with Crippen LogP contribution < -0.4 is 13.8 Å². The van der Waals surface area contributed by atoms with Gasteiger partial charge in [0.05, 0.1) is 30.5 Å². The highest BCUT2D eigenvalue weighted by Crippen LogP contribution is 2.44. The van der Waals surface area contributed by atoms with Gasteiger partial charge in [0.15, 0.2) is 12.5 Å². The molecule has 0 aromatic heterocycles. The molecule has 2 aromatic carbocycles. The summed E-state index contributed by atoms with van der Waals surface area (Å²) in [6, 6.07) is 6.93. The average molecular weight is 418 g/mol. The Bertz CT molecular complexity index is 992. The van der Waals surface area contributed by atoms with E-state index in [0.717, 1.165) is 4.31 Å². The molecule has 0 amide bonds. The number of esters is 1. The lowest BCUT2D eigenvalue weighted by atomic mass is 10.2. The number of sulfonamides is 1. The van der Waals surface area contributed by atoms with Crippen molar-refractivity contribution in [2.24, 2.45) is 0 Å². The van der Waals surface area contributed by atoms with Crippen molar-refractivity contribution in [3.05, 3.63) is 45.9 Å². The van der Waals surface area contributed by atoms with Gasteiger partial charge in [-0.1, -0.05) is 23.2 Å². The highest BCUT2D eigenvalue weighted by atomic mass is 35.5. The Morgan fingerprint density at radius 2 is 1.92 bits per heavy atom. The SMILES string of the molecule is COC(=O)c1cc(Cl)c2c(c1)N(S(=O)(=O)c1cc(Cl)ccc1OC)CO2. The summed E-state index contributed by atoms with van der Waals surface area (Å²) in [5.41, 5.74) is 0.222. The molecular weight excluding hydrogens is 405 g/mol. The number of ether oxygens (including phenoxy) is 3. The Balaban J connectivity index is 2.15. The fourth-order valence-corrected chi connectivity index (χ4v) is 4.52. The van der Waals surface area contributed by atoms with Gasteiger partial charge in [-0.15, -0.1) is 0 Å². The van der Waals surface area contributed by atoms with Crippen molar-refractivity contribution in [1.82, 2.24) is 0 Å². The van der Waals surface area contributed by atoms with E-state index in [4.69, 9.17) is 32.7 Å². The van der Waals surface area contributed by atoms with Crippen LogP contribution in [0.2, 0.25) is 10.0 Å². The maximum atomic E-state index is 13.1. The molecule has 138 valence electrons. The van der Waals surface area contributed by atoms with Gasteiger partial charge in [-0.2, -0.15) is 0 Å². The van der Waals surface area contributed by atoms with Gasteiger partial charge in [0, 0.05) is 5.02 Å². The topological polar surface area (TPSA) is 82.1 Å². The number of benzene rings is 2. The normalized spacial score (nSPS) is 13.2. The number of rotatable bonds is 4. The van der Waals surface area contributed by atoms with E-state index >= 15 is 0 Å². The van der Waals surface area contributed by atoms with E-state index in [0.29, 0.717) is 0 Å². The molecule has 0 aliphatic carbocycles. The number of nitrogens with zero attached hydrogens (tertiary/aromatic N) is 1. The Morgan fingerprint density at radius 1 is 1.19 bits per heavy atom. The first-order valence-electron chi connectivity index (χ1n) is 7.20. The summed E-state index contributed by atoms with van der Waals surface area (Å²) >= 11 is 12.1. The van der Waals surface area contributed by atoms with Crippen molar-refractivity contribution < 1.29 is 27.4 Å². The predicted octanol–water partition coefficient (Wildman–Crippen LogP) is 3.33. The zero-order valence-electron chi connectivity index (χ0n) is 13.7. The van der Waals surface area contributed by atoms with Crippen LogP contribution in [0.15, 0.2) is 35.2 Å². The summed E-state index contributed by atoms with van der Waals surface area (Å²) in [5, 5.41) is 0.324. The van der Waals surface area contributed by atoms with E-state index in [1.807, 2.05) is 0 Å². The van der Waals surface area contributed by atoms with Crippen molar-refractivity contribution in [3.8, 4) is 11.5 Å². The smallest absolute Gasteiger partial charge is 0.337 e. The number of methoxy groups -OCH3 is 2. The predicted molar refractivity (Wildman–Crippen MR) is 96.0 cm³/mol. The lowest BCUT2D eigenvalue weighted by Crippen LogP contribution is -2.30. The third-order valence-electron chi connectivity index (χ3n) is 3.73. The summed E-state index contributed by atoms with van der Waals surface area (Å²) in [6.45, 7) is -0.308. The van der Waals surface area contributed by atoms with E-state index in [9.17, 15) is 13.2 Å². The summed E-state index contributed by atoms with van der Waals surface area (Å²) < 4.78 is 42.5. The maximum Gasteiger partial charge on any atom is 0.337 e. The van der Waals surface area contributed by atoms with E-state index in [2.05, 4.69) is 4.74 Å². The minimum absolute atomic E-state index is 0.0960. The molecule has 0 N–H and O–H groups in total. The Labute approximate surface area is 160 Å². The first kappa shape index (κ1) is 18.6. The van der Waals surface area contributed by atoms with Gasteiger partial charge in [0.25, 0.3) is 10.0 Å². The number of halogens is 2. The Kier molecular flexibility index (Phi) is 4.92. The minimum Gasteiger partial charge on any atom is -0.495 e. The molecule has 0 radical (unpaired) electrons. The molecule has 7 nitrogen and oxygen atoms in total. The van der Waals surface area contributed by atoms with Gasteiger partial charge in [0.2, 0.25) is 0 Å². The number of hydrogen-bond acceptors (Lipinski definition) is 6. The fraction of sp³-hybridized carbons (Fsp3) is 0.188. The monoisotopic (exact) mass is 417 g/mol. The van der Waals surface area contributed by atoms with Gasteiger partial charge in [0.1, 0.15) is 10.6 Å². The molecule has 0 atom stereocenters. The molecule has 3 rings (SSSR count). The fourth-order valence-electron chi connectivity index (χ4n) is 2.51. The van der Waals surface area contributed by atoms with E-state index in [1.165, 1.54) is 44.6 Å². The van der Waals surface area contributed by atoms with Crippen LogP contribution in [-0.2, 0) is 14.8 Å². The molecule has 0 saturated carbocycles. The molecule has 10 heteroatoms. The molecule has 0 fully saturated rings. The number of fused-ring (bicyclic) bond motifs is 1. The number of carbonyl (C=O) groups is 1. The van der Waals surface area contributed by atoms with Crippen molar-refractivity contribution in [1.29, 1.82) is 0 Å². The van der Waals surface area contributed by atoms with Gasteiger partial charge >= 0.3 is 5.97 Å². The Hall–Kier alpha value is -2.16. The van der Waals surface area contributed by atoms with Gasteiger partial charge < -0.3 is 14.2 Å². The summed E-state index contributed by atoms with van der Waals surface area (Å²) in [7, 11) is -1.53. The van der Waals surface area contributed by atoms with Crippen LogP contribution in [0.1, 0.15) is 10.4 Å². The van der Waals surface area contributed by atoms with E-state index in [-0.39, 0.29) is 44.4 Å². The summed E-state index contributed by atoms with van der Waals surface area (Å²) in [5.74, 6) is -0.374. The second-order valence-corrected chi connectivity index (χ2v) is 7.89.